The number of phenolic OH excluding ortho intramolecular Hbond substituents is 1. The maximum atomic E-state index is 14.5. The molecule has 1 aromatic heterocycles. The van der Waals surface area contributed by atoms with Crippen molar-refractivity contribution >= 4 is 24.4 Å². The van der Waals surface area contributed by atoms with Crippen LogP contribution in [0.2, 0.25) is 0 Å². The number of aromatic hydroxyl groups is 1. The normalized spacial score (nSPS) is 17.7. The van der Waals surface area contributed by atoms with Crippen LogP contribution in [0.4, 0.5) is 4.39 Å². The maximum Gasteiger partial charge on any atom is 0.260 e. The number of nitriles is 1. The van der Waals surface area contributed by atoms with E-state index >= 15 is 0 Å². The molecule has 0 spiro atoms. The van der Waals surface area contributed by atoms with Crippen molar-refractivity contribution in [3.05, 3.63) is 47.8 Å². The number of thiol groups is 1. The molecule has 3 heterocycles. The number of hydrogen-bond acceptors (Lipinski definition) is 7. The molecule has 1 N–H and O–H groups in total. The molecular weight excluding hydrogens is 423 g/mol. The molecule has 0 radical (unpaired) electrons. The van der Waals surface area contributed by atoms with Crippen molar-refractivity contribution < 1.29 is 23.8 Å². The molecule has 2 amide bonds. The van der Waals surface area contributed by atoms with Gasteiger partial charge in [0.25, 0.3) is 5.91 Å². The molecule has 1 aromatic carbocycles. The SMILES string of the molecule is C=CC(=O)N1CCN2C(=O)c3c(S)nc(-c4c(O)cccc4F)c(C#N)c3OC[C@H]2C1. The number of ether oxygens (including phenoxy) is 1. The Labute approximate surface area is 182 Å². The molecule has 10 heteroatoms. The molecule has 1 atom stereocenters. The molecule has 0 unspecified atom stereocenters. The molecule has 8 nitrogen and oxygen atoms in total. The van der Waals surface area contributed by atoms with Crippen molar-refractivity contribution in [2.75, 3.05) is 26.2 Å². The first-order valence-electron chi connectivity index (χ1n) is 9.37. The maximum absolute atomic E-state index is 14.5. The Morgan fingerprint density at radius 1 is 1.42 bits per heavy atom. The van der Waals surface area contributed by atoms with Gasteiger partial charge in [0.2, 0.25) is 5.91 Å². The number of pyridine rings is 1. The Hall–Kier alpha value is -3.58. The standard InChI is InChI=1S/C21H17FN4O4S/c1-2-15(28)25-6-7-26-11(9-25)10-30-19-12(8-23)18(24-20(31)17(19)21(26)29)16-13(22)4-3-5-14(16)27/h2-5,11,27H,1,6-7,9-10H2,(H,24,31)/t11-/m1/s1. The van der Waals surface area contributed by atoms with Crippen molar-refractivity contribution in [2.24, 2.45) is 0 Å². The zero-order chi connectivity index (χ0) is 22.3. The van der Waals surface area contributed by atoms with Gasteiger partial charge in [-0.1, -0.05) is 12.6 Å². The number of piperazine rings is 1. The molecule has 31 heavy (non-hydrogen) atoms. The lowest BCUT2D eigenvalue weighted by Crippen LogP contribution is -2.57. The second-order valence-electron chi connectivity index (χ2n) is 7.06. The topological polar surface area (TPSA) is 107 Å². The second-order valence-corrected chi connectivity index (χ2v) is 7.48. The molecule has 4 rings (SSSR count). The van der Waals surface area contributed by atoms with Gasteiger partial charge < -0.3 is 19.6 Å². The number of halogens is 1. The summed E-state index contributed by atoms with van der Waals surface area (Å²) in [5, 5.41) is 19.9. The molecule has 1 fully saturated rings. The predicted molar refractivity (Wildman–Crippen MR) is 110 cm³/mol. The van der Waals surface area contributed by atoms with Crippen LogP contribution < -0.4 is 4.74 Å². The van der Waals surface area contributed by atoms with E-state index in [2.05, 4.69) is 24.2 Å². The van der Waals surface area contributed by atoms with E-state index in [9.17, 15) is 24.3 Å². The molecule has 0 saturated carbocycles. The van der Waals surface area contributed by atoms with E-state index in [-0.39, 0.29) is 58.8 Å². The highest BCUT2D eigenvalue weighted by molar-refractivity contribution is 7.80. The first kappa shape index (κ1) is 20.7. The zero-order valence-corrected chi connectivity index (χ0v) is 17.1. The number of fused-ring (bicyclic) bond motifs is 2. The summed E-state index contributed by atoms with van der Waals surface area (Å²) in [4.78, 5) is 32.6. The van der Waals surface area contributed by atoms with Crippen molar-refractivity contribution in [2.45, 2.75) is 11.1 Å². The van der Waals surface area contributed by atoms with Crippen molar-refractivity contribution in [3.63, 3.8) is 0 Å². The van der Waals surface area contributed by atoms with Crippen molar-refractivity contribution in [3.8, 4) is 28.8 Å². The van der Waals surface area contributed by atoms with E-state index in [0.29, 0.717) is 6.54 Å². The summed E-state index contributed by atoms with van der Waals surface area (Å²) in [6.45, 7) is 4.32. The Kier molecular flexibility index (Phi) is 5.29. The molecule has 0 bridgehead atoms. The predicted octanol–water partition coefficient (Wildman–Crippen LogP) is 1.99. The third kappa shape index (κ3) is 3.37. The summed E-state index contributed by atoms with van der Waals surface area (Å²) in [6.07, 6.45) is 1.21. The van der Waals surface area contributed by atoms with Crippen LogP contribution in [0.5, 0.6) is 11.5 Å². The van der Waals surface area contributed by atoms with Gasteiger partial charge in [-0.2, -0.15) is 5.26 Å². The molecule has 0 aliphatic carbocycles. The summed E-state index contributed by atoms with van der Waals surface area (Å²) in [7, 11) is 0. The molecular formula is C21H17FN4O4S. The Morgan fingerprint density at radius 3 is 2.87 bits per heavy atom. The van der Waals surface area contributed by atoms with Gasteiger partial charge in [-0.3, -0.25) is 9.59 Å². The number of carbonyl (C=O) groups is 2. The summed E-state index contributed by atoms with van der Waals surface area (Å²) in [6, 6.07) is 5.18. The molecule has 2 aliphatic rings. The first-order chi connectivity index (χ1) is 14.9. The number of nitrogens with zero attached hydrogens (tertiary/aromatic N) is 4. The van der Waals surface area contributed by atoms with E-state index in [1.54, 1.807) is 9.80 Å². The van der Waals surface area contributed by atoms with Gasteiger partial charge in [0.1, 0.15) is 40.4 Å². The van der Waals surface area contributed by atoms with E-state index in [4.69, 9.17) is 4.74 Å². The average molecular weight is 440 g/mol. The van der Waals surface area contributed by atoms with Gasteiger partial charge in [0, 0.05) is 19.6 Å². The highest BCUT2D eigenvalue weighted by Crippen LogP contribution is 2.41. The fraction of sp³-hybridized carbons (Fsp3) is 0.238. The lowest BCUT2D eigenvalue weighted by Gasteiger charge is -2.39. The monoisotopic (exact) mass is 440 g/mol. The van der Waals surface area contributed by atoms with Gasteiger partial charge in [0.15, 0.2) is 5.75 Å². The van der Waals surface area contributed by atoms with Crippen LogP contribution in [0.25, 0.3) is 11.3 Å². The van der Waals surface area contributed by atoms with Gasteiger partial charge in [-0.05, 0) is 18.2 Å². The van der Waals surface area contributed by atoms with E-state index < -0.39 is 23.5 Å². The van der Waals surface area contributed by atoms with Gasteiger partial charge in [0.05, 0.1) is 17.3 Å². The highest BCUT2D eigenvalue weighted by atomic mass is 32.1. The van der Waals surface area contributed by atoms with Crippen LogP contribution in [-0.4, -0.2) is 64.0 Å². The van der Waals surface area contributed by atoms with E-state index in [1.807, 2.05) is 6.07 Å². The smallest absolute Gasteiger partial charge is 0.260 e. The average Bonchev–Trinajstić information content (AvgIpc) is 2.90. The molecule has 1 saturated heterocycles. The van der Waals surface area contributed by atoms with Crippen molar-refractivity contribution in [1.82, 2.24) is 14.8 Å². The Balaban J connectivity index is 1.83. The third-order valence-corrected chi connectivity index (χ3v) is 5.66. The number of hydrogen-bond donors (Lipinski definition) is 2. The summed E-state index contributed by atoms with van der Waals surface area (Å²) in [5.41, 5.74) is -0.637. The summed E-state index contributed by atoms with van der Waals surface area (Å²) >= 11 is 4.31. The minimum Gasteiger partial charge on any atom is -0.507 e. The van der Waals surface area contributed by atoms with Crippen LogP contribution in [0.1, 0.15) is 15.9 Å². The summed E-state index contributed by atoms with van der Waals surface area (Å²) in [5.74, 6) is -1.96. The quantitative estimate of drug-likeness (QED) is 0.546. The van der Waals surface area contributed by atoms with Crippen LogP contribution in [0, 0.1) is 17.1 Å². The fourth-order valence-corrected chi connectivity index (χ4v) is 4.14. The largest absolute Gasteiger partial charge is 0.507 e. The number of benzene rings is 1. The van der Waals surface area contributed by atoms with Crippen LogP contribution in [0.15, 0.2) is 35.9 Å². The summed E-state index contributed by atoms with van der Waals surface area (Å²) < 4.78 is 20.3. The fourth-order valence-electron chi connectivity index (χ4n) is 3.84. The number of phenols is 1. The lowest BCUT2D eigenvalue weighted by molar-refractivity contribution is -0.128. The van der Waals surface area contributed by atoms with Gasteiger partial charge in [-0.15, -0.1) is 12.6 Å². The molecule has 2 aliphatic heterocycles. The third-order valence-electron chi connectivity index (χ3n) is 5.34. The van der Waals surface area contributed by atoms with Gasteiger partial charge in [-0.25, -0.2) is 9.37 Å². The first-order valence-corrected chi connectivity index (χ1v) is 9.82. The zero-order valence-electron chi connectivity index (χ0n) is 16.2. The Morgan fingerprint density at radius 2 is 2.19 bits per heavy atom. The van der Waals surface area contributed by atoms with Crippen LogP contribution in [0.3, 0.4) is 0 Å². The highest BCUT2D eigenvalue weighted by Gasteiger charge is 2.39. The number of carbonyl (C=O) groups excluding carboxylic acids is 2. The van der Waals surface area contributed by atoms with Crippen LogP contribution in [-0.2, 0) is 4.79 Å². The van der Waals surface area contributed by atoms with Gasteiger partial charge >= 0.3 is 0 Å². The molecule has 2 aromatic rings. The number of aromatic nitrogens is 1. The van der Waals surface area contributed by atoms with E-state index in [1.165, 1.54) is 18.2 Å². The minimum atomic E-state index is -0.785. The minimum absolute atomic E-state index is 0.00820. The van der Waals surface area contributed by atoms with Crippen LogP contribution >= 0.6 is 12.6 Å². The second kappa shape index (κ2) is 7.92. The van der Waals surface area contributed by atoms with E-state index in [0.717, 1.165) is 6.07 Å². The Bertz CT molecular complexity index is 1140. The molecule has 158 valence electrons. The lowest BCUT2D eigenvalue weighted by atomic mass is 10.0. The van der Waals surface area contributed by atoms with Crippen molar-refractivity contribution in [1.29, 1.82) is 5.26 Å². The number of rotatable bonds is 2. The number of amides is 2.